The van der Waals surface area contributed by atoms with Crippen LogP contribution in [0.2, 0.25) is 0 Å². The number of rotatable bonds is 2. The second-order valence-electron chi connectivity index (χ2n) is 4.82. The van der Waals surface area contributed by atoms with Gasteiger partial charge < -0.3 is 9.47 Å². The molecule has 2 rings (SSSR count). The van der Waals surface area contributed by atoms with Gasteiger partial charge in [0.1, 0.15) is 0 Å². The number of hydrogen-bond acceptors (Lipinski definition) is 3. The Morgan fingerprint density at radius 1 is 1.20 bits per heavy atom. The Morgan fingerprint density at radius 3 is 2.47 bits per heavy atom. The van der Waals surface area contributed by atoms with Crippen molar-refractivity contribution >= 4 is 5.97 Å². The van der Waals surface area contributed by atoms with E-state index < -0.39 is 0 Å². The first-order valence-electron chi connectivity index (χ1n) is 5.85. The van der Waals surface area contributed by atoms with Crippen molar-refractivity contribution < 1.29 is 14.3 Å². The van der Waals surface area contributed by atoms with Crippen LogP contribution in [-0.4, -0.2) is 26.3 Å². The molecule has 3 atom stereocenters. The number of carbonyl (C=O) groups is 1. The average molecular weight is 212 g/mol. The van der Waals surface area contributed by atoms with Gasteiger partial charge in [0.05, 0.1) is 19.1 Å². The van der Waals surface area contributed by atoms with Crippen molar-refractivity contribution in [1.82, 2.24) is 0 Å². The molecule has 0 bridgehead atoms. The lowest BCUT2D eigenvalue weighted by Gasteiger charge is -2.34. The van der Waals surface area contributed by atoms with E-state index in [2.05, 4.69) is 0 Å². The van der Waals surface area contributed by atoms with E-state index in [1.54, 1.807) is 7.11 Å². The molecule has 2 fully saturated rings. The lowest BCUT2D eigenvalue weighted by molar-refractivity contribution is -0.152. The molecule has 0 aromatic rings. The first kappa shape index (κ1) is 10.9. The minimum Gasteiger partial charge on any atom is -0.469 e. The van der Waals surface area contributed by atoms with Gasteiger partial charge in [-0.15, -0.1) is 0 Å². The van der Waals surface area contributed by atoms with E-state index in [1.165, 1.54) is 13.5 Å². The number of ether oxygens (including phenoxy) is 2. The highest BCUT2D eigenvalue weighted by atomic mass is 16.5. The smallest absolute Gasteiger partial charge is 0.309 e. The summed E-state index contributed by atoms with van der Waals surface area (Å²) in [6.07, 6.45) is 6.93. The predicted octanol–water partition coefficient (Wildman–Crippen LogP) is 2.14. The number of hydrogen-bond donors (Lipinski definition) is 0. The highest BCUT2D eigenvalue weighted by Gasteiger charge is 2.54. The van der Waals surface area contributed by atoms with Crippen molar-refractivity contribution in [1.29, 1.82) is 0 Å². The van der Waals surface area contributed by atoms with Crippen LogP contribution in [0.25, 0.3) is 0 Å². The molecule has 0 saturated heterocycles. The van der Waals surface area contributed by atoms with Crippen molar-refractivity contribution in [3.8, 4) is 0 Å². The summed E-state index contributed by atoms with van der Waals surface area (Å²) >= 11 is 0. The van der Waals surface area contributed by atoms with Gasteiger partial charge in [0, 0.05) is 12.5 Å². The second-order valence-corrected chi connectivity index (χ2v) is 4.82. The number of carbonyl (C=O) groups excluding carboxylic acids is 1. The van der Waals surface area contributed by atoms with Crippen LogP contribution in [0, 0.1) is 11.3 Å². The Morgan fingerprint density at radius 2 is 1.87 bits per heavy atom. The number of esters is 1. The Kier molecular flexibility index (Phi) is 3.01. The number of methoxy groups -OCH3 is 2. The van der Waals surface area contributed by atoms with Gasteiger partial charge in [0.2, 0.25) is 0 Å². The summed E-state index contributed by atoms with van der Waals surface area (Å²) in [4.78, 5) is 11.8. The standard InChI is InChI=1S/C12H20O3/c1-14-10-6-4-8-12(10)7-3-5-9(12)11(13)15-2/h9-10H,3-8H2,1-2H3/t9-,10+,12+/m0/s1. The normalized spacial score (nSPS) is 39.9. The summed E-state index contributed by atoms with van der Waals surface area (Å²) in [6.45, 7) is 0. The molecule has 2 aliphatic rings. The van der Waals surface area contributed by atoms with Crippen molar-refractivity contribution in [3.05, 3.63) is 0 Å². The van der Waals surface area contributed by atoms with Crippen molar-refractivity contribution in [2.45, 2.75) is 44.6 Å². The van der Waals surface area contributed by atoms with Crippen LogP contribution in [0.4, 0.5) is 0 Å². The lowest BCUT2D eigenvalue weighted by Crippen LogP contribution is -2.39. The van der Waals surface area contributed by atoms with E-state index in [4.69, 9.17) is 9.47 Å². The van der Waals surface area contributed by atoms with Crippen LogP contribution in [0.1, 0.15) is 38.5 Å². The fraction of sp³-hybridized carbons (Fsp3) is 0.917. The van der Waals surface area contributed by atoms with Gasteiger partial charge in [-0.25, -0.2) is 0 Å². The third-order valence-corrected chi connectivity index (χ3v) is 4.35. The van der Waals surface area contributed by atoms with E-state index in [1.807, 2.05) is 0 Å². The van der Waals surface area contributed by atoms with Crippen LogP contribution in [-0.2, 0) is 14.3 Å². The summed E-state index contributed by atoms with van der Waals surface area (Å²) in [5, 5.41) is 0. The molecular formula is C12H20O3. The highest BCUT2D eigenvalue weighted by molar-refractivity contribution is 5.74. The van der Waals surface area contributed by atoms with Crippen LogP contribution in [0.15, 0.2) is 0 Å². The molecule has 3 heteroatoms. The Bertz CT molecular complexity index is 247. The van der Waals surface area contributed by atoms with Gasteiger partial charge in [-0.3, -0.25) is 4.79 Å². The van der Waals surface area contributed by atoms with Gasteiger partial charge in [-0.1, -0.05) is 12.8 Å². The summed E-state index contributed by atoms with van der Waals surface area (Å²) < 4.78 is 10.5. The monoisotopic (exact) mass is 212 g/mol. The molecule has 0 N–H and O–H groups in total. The zero-order valence-corrected chi connectivity index (χ0v) is 9.62. The molecule has 1 spiro atoms. The van der Waals surface area contributed by atoms with Gasteiger partial charge in [0.15, 0.2) is 0 Å². The Labute approximate surface area is 91.1 Å². The molecule has 86 valence electrons. The molecule has 0 heterocycles. The Balaban J connectivity index is 2.21. The minimum atomic E-state index is -0.0311. The van der Waals surface area contributed by atoms with Crippen LogP contribution >= 0.6 is 0 Å². The molecule has 0 aromatic heterocycles. The summed E-state index contributed by atoms with van der Waals surface area (Å²) in [7, 11) is 3.26. The third kappa shape index (κ3) is 1.57. The summed E-state index contributed by atoms with van der Waals surface area (Å²) in [5.41, 5.74) is 0.0991. The van der Waals surface area contributed by atoms with E-state index in [9.17, 15) is 4.79 Å². The van der Waals surface area contributed by atoms with Crippen LogP contribution in [0.5, 0.6) is 0 Å². The maximum absolute atomic E-state index is 11.8. The van der Waals surface area contributed by atoms with E-state index in [0.29, 0.717) is 0 Å². The molecule has 2 aliphatic carbocycles. The quantitative estimate of drug-likeness (QED) is 0.658. The predicted molar refractivity (Wildman–Crippen MR) is 56.4 cm³/mol. The lowest BCUT2D eigenvalue weighted by atomic mass is 9.74. The second kappa shape index (κ2) is 4.12. The largest absolute Gasteiger partial charge is 0.469 e. The van der Waals surface area contributed by atoms with Crippen molar-refractivity contribution in [2.24, 2.45) is 11.3 Å². The first-order valence-corrected chi connectivity index (χ1v) is 5.85. The molecule has 0 aliphatic heterocycles. The fourth-order valence-corrected chi connectivity index (χ4v) is 3.69. The molecule has 2 saturated carbocycles. The molecule has 0 radical (unpaired) electrons. The molecule has 0 aromatic carbocycles. The topological polar surface area (TPSA) is 35.5 Å². The van der Waals surface area contributed by atoms with Crippen molar-refractivity contribution in [2.75, 3.05) is 14.2 Å². The molecule has 0 amide bonds. The van der Waals surface area contributed by atoms with Crippen molar-refractivity contribution in [3.63, 3.8) is 0 Å². The zero-order valence-electron chi connectivity index (χ0n) is 9.62. The van der Waals surface area contributed by atoms with Gasteiger partial charge in [-0.2, -0.15) is 0 Å². The summed E-state index contributed by atoms with van der Waals surface area (Å²) in [6, 6.07) is 0. The SMILES string of the molecule is COC(=O)[C@@H]1CCC[C@@]12CCC[C@H]2OC. The molecule has 15 heavy (non-hydrogen) atoms. The Hall–Kier alpha value is -0.570. The van der Waals surface area contributed by atoms with Crippen LogP contribution < -0.4 is 0 Å². The summed E-state index contributed by atoms with van der Waals surface area (Å²) in [5.74, 6) is 0.0476. The van der Waals surface area contributed by atoms with Gasteiger partial charge in [0.25, 0.3) is 0 Å². The molecule has 3 nitrogen and oxygen atoms in total. The first-order chi connectivity index (χ1) is 7.24. The molecular weight excluding hydrogens is 192 g/mol. The van der Waals surface area contributed by atoms with E-state index in [0.717, 1.165) is 32.1 Å². The van der Waals surface area contributed by atoms with E-state index in [-0.39, 0.29) is 23.4 Å². The average Bonchev–Trinajstić information content (AvgIpc) is 2.85. The zero-order chi connectivity index (χ0) is 10.9. The fourth-order valence-electron chi connectivity index (χ4n) is 3.69. The van der Waals surface area contributed by atoms with E-state index >= 15 is 0 Å². The molecule has 0 unspecified atom stereocenters. The van der Waals surface area contributed by atoms with Crippen LogP contribution in [0.3, 0.4) is 0 Å². The third-order valence-electron chi connectivity index (χ3n) is 4.35. The van der Waals surface area contributed by atoms with Gasteiger partial charge in [-0.05, 0) is 25.7 Å². The minimum absolute atomic E-state index is 0.0311. The maximum Gasteiger partial charge on any atom is 0.309 e. The maximum atomic E-state index is 11.8. The highest BCUT2D eigenvalue weighted by Crippen LogP contribution is 2.55. The van der Waals surface area contributed by atoms with Gasteiger partial charge >= 0.3 is 5.97 Å².